The van der Waals surface area contributed by atoms with Crippen LogP contribution in [0.4, 0.5) is 5.69 Å². The van der Waals surface area contributed by atoms with Crippen LogP contribution in [0.1, 0.15) is 11.3 Å². The highest BCUT2D eigenvalue weighted by Crippen LogP contribution is 2.15. The van der Waals surface area contributed by atoms with E-state index >= 15 is 0 Å². The summed E-state index contributed by atoms with van der Waals surface area (Å²) in [5.74, 6) is -0.368. The van der Waals surface area contributed by atoms with E-state index in [1.807, 2.05) is 0 Å². The van der Waals surface area contributed by atoms with Crippen molar-refractivity contribution in [2.45, 2.75) is 13.3 Å². The van der Waals surface area contributed by atoms with E-state index in [4.69, 9.17) is 11.6 Å². The molecule has 6 nitrogen and oxygen atoms in total. The molecule has 3 N–H and O–H groups in total. The van der Waals surface area contributed by atoms with Gasteiger partial charge in [0.05, 0.1) is 6.42 Å². The number of hydrogen-bond acceptors (Lipinski definition) is 3. The standard InChI is InChI=1S/C13H12ClN3O3/c1-7-10(12(19)17-13(20)15-7)6-11(18)16-9-4-2-3-8(14)5-9/h2-5H,6H2,1H3,(H,16,18)(H2,15,17,19,20). The second kappa shape index (κ2) is 5.75. The van der Waals surface area contributed by atoms with E-state index in [9.17, 15) is 14.4 Å². The van der Waals surface area contributed by atoms with Crippen molar-refractivity contribution in [3.63, 3.8) is 0 Å². The van der Waals surface area contributed by atoms with Crippen LogP contribution in [0.3, 0.4) is 0 Å². The minimum atomic E-state index is -0.591. The van der Waals surface area contributed by atoms with Crippen molar-refractivity contribution in [3.8, 4) is 0 Å². The first kappa shape index (κ1) is 14.1. The van der Waals surface area contributed by atoms with E-state index in [0.29, 0.717) is 16.4 Å². The first-order valence-electron chi connectivity index (χ1n) is 5.83. The number of aromatic nitrogens is 2. The summed E-state index contributed by atoms with van der Waals surface area (Å²) in [5.41, 5.74) is -0.0101. The van der Waals surface area contributed by atoms with Crippen LogP contribution in [-0.4, -0.2) is 15.9 Å². The fourth-order valence-electron chi connectivity index (χ4n) is 1.77. The zero-order valence-corrected chi connectivity index (χ0v) is 11.4. The maximum atomic E-state index is 11.9. The van der Waals surface area contributed by atoms with Crippen LogP contribution < -0.4 is 16.6 Å². The Morgan fingerprint density at radius 2 is 2.05 bits per heavy atom. The maximum Gasteiger partial charge on any atom is 0.325 e. The Morgan fingerprint density at radius 1 is 1.30 bits per heavy atom. The van der Waals surface area contributed by atoms with Gasteiger partial charge < -0.3 is 10.3 Å². The monoisotopic (exact) mass is 293 g/mol. The average molecular weight is 294 g/mol. The molecule has 20 heavy (non-hydrogen) atoms. The molecule has 0 saturated heterocycles. The Bertz CT molecular complexity index is 764. The van der Waals surface area contributed by atoms with Crippen molar-refractivity contribution in [2.75, 3.05) is 5.32 Å². The lowest BCUT2D eigenvalue weighted by molar-refractivity contribution is -0.115. The van der Waals surface area contributed by atoms with Gasteiger partial charge in [0.25, 0.3) is 5.56 Å². The zero-order chi connectivity index (χ0) is 14.7. The molecule has 1 amide bonds. The number of carbonyl (C=O) groups excluding carboxylic acids is 1. The van der Waals surface area contributed by atoms with Gasteiger partial charge in [-0.1, -0.05) is 17.7 Å². The zero-order valence-electron chi connectivity index (χ0n) is 10.6. The molecule has 0 unspecified atom stereocenters. The SMILES string of the molecule is Cc1[nH]c(=O)[nH]c(=O)c1CC(=O)Nc1cccc(Cl)c1. The van der Waals surface area contributed by atoms with E-state index in [-0.39, 0.29) is 17.9 Å². The molecule has 0 atom stereocenters. The highest BCUT2D eigenvalue weighted by Gasteiger charge is 2.11. The van der Waals surface area contributed by atoms with Crippen LogP contribution in [-0.2, 0) is 11.2 Å². The fraction of sp³-hybridized carbons (Fsp3) is 0.154. The van der Waals surface area contributed by atoms with Gasteiger partial charge in [0.15, 0.2) is 0 Å². The van der Waals surface area contributed by atoms with Gasteiger partial charge in [0.1, 0.15) is 0 Å². The third kappa shape index (κ3) is 3.36. The molecule has 0 aliphatic carbocycles. The van der Waals surface area contributed by atoms with Gasteiger partial charge in [-0.25, -0.2) is 4.79 Å². The molecule has 1 aromatic heterocycles. The van der Waals surface area contributed by atoms with Crippen LogP contribution in [0.25, 0.3) is 0 Å². The number of halogens is 1. The van der Waals surface area contributed by atoms with Crippen molar-refractivity contribution in [1.29, 1.82) is 0 Å². The molecule has 7 heteroatoms. The Kier molecular flexibility index (Phi) is 4.05. The summed E-state index contributed by atoms with van der Waals surface area (Å²) in [6, 6.07) is 6.68. The first-order valence-corrected chi connectivity index (χ1v) is 6.21. The molecule has 0 spiro atoms. The molecule has 1 heterocycles. The molecule has 1 aromatic carbocycles. The lowest BCUT2D eigenvalue weighted by atomic mass is 10.1. The predicted molar refractivity (Wildman–Crippen MR) is 76.2 cm³/mol. The number of carbonyl (C=O) groups is 1. The molecule has 104 valence electrons. The maximum absolute atomic E-state index is 11.9. The molecule has 2 aromatic rings. The van der Waals surface area contributed by atoms with Gasteiger partial charge >= 0.3 is 5.69 Å². The Hall–Kier alpha value is -2.34. The smallest absolute Gasteiger partial charge is 0.325 e. The number of hydrogen-bond donors (Lipinski definition) is 3. The van der Waals surface area contributed by atoms with Gasteiger partial charge in [-0.05, 0) is 25.1 Å². The van der Waals surface area contributed by atoms with E-state index in [1.54, 1.807) is 31.2 Å². The summed E-state index contributed by atoms with van der Waals surface area (Å²) in [5, 5.41) is 3.13. The van der Waals surface area contributed by atoms with Gasteiger partial charge in [-0.3, -0.25) is 14.6 Å². The number of nitrogens with one attached hydrogen (secondary N) is 3. The predicted octanol–water partition coefficient (Wildman–Crippen LogP) is 1.21. The number of aromatic amines is 2. The quantitative estimate of drug-likeness (QED) is 0.793. The second-order valence-corrected chi connectivity index (χ2v) is 4.68. The van der Waals surface area contributed by atoms with Gasteiger partial charge in [-0.2, -0.15) is 0 Å². The van der Waals surface area contributed by atoms with Crippen molar-refractivity contribution in [3.05, 3.63) is 61.4 Å². The van der Waals surface area contributed by atoms with Crippen LogP contribution in [0.5, 0.6) is 0 Å². The Morgan fingerprint density at radius 3 is 2.70 bits per heavy atom. The molecule has 0 aliphatic heterocycles. The lowest BCUT2D eigenvalue weighted by Gasteiger charge is -2.06. The fourth-order valence-corrected chi connectivity index (χ4v) is 1.96. The summed E-state index contributed by atoms with van der Waals surface area (Å²) in [4.78, 5) is 39.1. The minimum absolute atomic E-state index is 0.134. The Balaban J connectivity index is 2.17. The van der Waals surface area contributed by atoms with Gasteiger partial charge in [-0.15, -0.1) is 0 Å². The van der Waals surface area contributed by atoms with Crippen molar-refractivity contribution in [2.24, 2.45) is 0 Å². The highest BCUT2D eigenvalue weighted by atomic mass is 35.5. The average Bonchev–Trinajstić information content (AvgIpc) is 2.33. The van der Waals surface area contributed by atoms with Crippen molar-refractivity contribution in [1.82, 2.24) is 9.97 Å². The van der Waals surface area contributed by atoms with Crippen LogP contribution in [0, 0.1) is 6.92 Å². The molecular weight excluding hydrogens is 282 g/mol. The molecule has 0 aliphatic rings. The van der Waals surface area contributed by atoms with Crippen molar-refractivity contribution < 1.29 is 4.79 Å². The molecule has 0 radical (unpaired) electrons. The number of aryl methyl sites for hydroxylation is 1. The third-order valence-corrected chi connectivity index (χ3v) is 2.94. The van der Waals surface area contributed by atoms with Gasteiger partial charge in [0.2, 0.25) is 5.91 Å². The normalized spacial score (nSPS) is 10.3. The number of H-pyrrole nitrogens is 2. The number of anilines is 1. The topological polar surface area (TPSA) is 94.8 Å². The molecule has 2 rings (SSSR count). The Labute approximate surface area is 118 Å². The summed E-state index contributed by atoms with van der Waals surface area (Å²) >= 11 is 5.81. The van der Waals surface area contributed by atoms with Crippen LogP contribution in [0.15, 0.2) is 33.9 Å². The third-order valence-electron chi connectivity index (χ3n) is 2.70. The number of benzene rings is 1. The second-order valence-electron chi connectivity index (χ2n) is 4.25. The number of rotatable bonds is 3. The van der Waals surface area contributed by atoms with Crippen molar-refractivity contribution >= 4 is 23.2 Å². The molecule has 0 bridgehead atoms. The van der Waals surface area contributed by atoms with Crippen LogP contribution in [0.2, 0.25) is 5.02 Å². The molecular formula is C13H12ClN3O3. The van der Waals surface area contributed by atoms with Gasteiger partial charge in [0, 0.05) is 22.0 Å². The van der Waals surface area contributed by atoms with E-state index in [1.165, 1.54) is 0 Å². The molecule has 0 fully saturated rings. The lowest BCUT2D eigenvalue weighted by Crippen LogP contribution is -2.29. The summed E-state index contributed by atoms with van der Waals surface area (Å²) in [7, 11) is 0. The first-order chi connectivity index (χ1) is 9.45. The minimum Gasteiger partial charge on any atom is -0.326 e. The number of amides is 1. The van der Waals surface area contributed by atoms with E-state index in [0.717, 1.165) is 0 Å². The van der Waals surface area contributed by atoms with E-state index < -0.39 is 11.2 Å². The van der Waals surface area contributed by atoms with E-state index in [2.05, 4.69) is 15.3 Å². The largest absolute Gasteiger partial charge is 0.326 e. The summed E-state index contributed by atoms with van der Waals surface area (Å²) in [6.07, 6.45) is -0.134. The summed E-state index contributed by atoms with van der Waals surface area (Å²) in [6.45, 7) is 1.57. The van der Waals surface area contributed by atoms with Crippen LogP contribution >= 0.6 is 11.6 Å². The highest BCUT2D eigenvalue weighted by molar-refractivity contribution is 6.30. The summed E-state index contributed by atoms with van der Waals surface area (Å²) < 4.78 is 0. The molecule has 0 saturated carbocycles.